The summed E-state index contributed by atoms with van der Waals surface area (Å²) in [5, 5.41) is 11.0. The third-order valence-corrected chi connectivity index (χ3v) is 7.87. The summed E-state index contributed by atoms with van der Waals surface area (Å²) in [4.78, 5) is 12.8. The van der Waals surface area contributed by atoms with Gasteiger partial charge in [-0.25, -0.2) is 0 Å². The van der Waals surface area contributed by atoms with Gasteiger partial charge in [-0.05, 0) is 57.5 Å². The summed E-state index contributed by atoms with van der Waals surface area (Å²) in [5.41, 5.74) is 5.98. The van der Waals surface area contributed by atoms with Crippen LogP contribution in [0, 0.1) is 11.8 Å². The molecule has 0 aromatic heterocycles. The molecule has 1 saturated heterocycles. The third-order valence-electron chi connectivity index (χ3n) is 4.79. The minimum Gasteiger partial charge on any atom is -0.460 e. The molecule has 0 bridgehead atoms. The molecule has 24 heavy (non-hydrogen) atoms. The number of carbonyl (C=O) groups is 1. The molecule has 3 atom stereocenters. The van der Waals surface area contributed by atoms with Gasteiger partial charge in [-0.3, -0.25) is 4.79 Å². The lowest BCUT2D eigenvalue weighted by Crippen LogP contribution is -2.52. The van der Waals surface area contributed by atoms with Crippen LogP contribution in [-0.2, 0) is 9.53 Å². The minimum absolute atomic E-state index is 0.0194. The van der Waals surface area contributed by atoms with Crippen molar-refractivity contribution in [3.63, 3.8) is 0 Å². The van der Waals surface area contributed by atoms with Crippen LogP contribution in [0.25, 0.3) is 0 Å². The highest BCUT2D eigenvalue weighted by atomic mass is 32.2. The molecule has 0 aromatic rings. The van der Waals surface area contributed by atoms with E-state index >= 15 is 0 Å². The Bertz CT molecular complexity index is 378. The van der Waals surface area contributed by atoms with Gasteiger partial charge < -0.3 is 15.6 Å². The fraction of sp³-hybridized carbons (Fsp3) is 0.944. The van der Waals surface area contributed by atoms with Crippen molar-refractivity contribution >= 4 is 29.5 Å². The Morgan fingerprint density at radius 3 is 2.25 bits per heavy atom. The average Bonchev–Trinajstić information content (AvgIpc) is 2.55. The van der Waals surface area contributed by atoms with Crippen molar-refractivity contribution in [3.05, 3.63) is 0 Å². The lowest BCUT2D eigenvalue weighted by Gasteiger charge is -2.38. The second-order valence-electron chi connectivity index (χ2n) is 7.99. The van der Waals surface area contributed by atoms with E-state index in [1.54, 1.807) is 23.5 Å². The van der Waals surface area contributed by atoms with Crippen molar-refractivity contribution in [2.45, 2.75) is 81.6 Å². The minimum atomic E-state index is -0.743. The summed E-state index contributed by atoms with van der Waals surface area (Å²) in [6.45, 7) is 5.60. The van der Waals surface area contributed by atoms with Gasteiger partial charge in [-0.2, -0.15) is 0 Å². The summed E-state index contributed by atoms with van der Waals surface area (Å²) in [6.07, 6.45) is 6.11. The number of rotatable bonds is 5. The van der Waals surface area contributed by atoms with Gasteiger partial charge in [0.05, 0.1) is 16.6 Å². The molecule has 1 saturated carbocycles. The van der Waals surface area contributed by atoms with E-state index in [4.69, 9.17) is 10.5 Å². The lowest BCUT2D eigenvalue weighted by atomic mass is 9.77. The first-order valence-electron chi connectivity index (χ1n) is 9.19. The zero-order valence-electron chi connectivity index (χ0n) is 15.2. The SMILES string of the molecule is CC(C)(C)OC(=O)C(C(N)C1CCCCC1)C(O)C1SCCCS1. The number of carbonyl (C=O) groups excluding carboxylic acids is 1. The summed E-state index contributed by atoms with van der Waals surface area (Å²) >= 11 is 3.50. The molecule has 3 N–H and O–H groups in total. The molecule has 2 fully saturated rings. The molecule has 0 amide bonds. The summed E-state index contributed by atoms with van der Waals surface area (Å²) in [6, 6.07) is -0.321. The van der Waals surface area contributed by atoms with E-state index in [9.17, 15) is 9.90 Å². The van der Waals surface area contributed by atoms with Crippen molar-refractivity contribution in [2.24, 2.45) is 17.6 Å². The molecule has 0 spiro atoms. The quantitative estimate of drug-likeness (QED) is 0.718. The Hall–Kier alpha value is 0.0900. The van der Waals surface area contributed by atoms with Crippen molar-refractivity contribution < 1.29 is 14.6 Å². The van der Waals surface area contributed by atoms with Crippen LogP contribution in [0.1, 0.15) is 59.3 Å². The predicted octanol–water partition coefficient (Wildman–Crippen LogP) is 3.41. The van der Waals surface area contributed by atoms with Gasteiger partial charge in [0.1, 0.15) is 5.60 Å². The first kappa shape index (κ1) is 20.4. The summed E-state index contributed by atoms with van der Waals surface area (Å²) < 4.78 is 5.65. The molecule has 6 heteroatoms. The second-order valence-corrected chi connectivity index (χ2v) is 10.8. The van der Waals surface area contributed by atoms with Gasteiger partial charge in [0, 0.05) is 6.04 Å². The number of hydrogen-bond acceptors (Lipinski definition) is 6. The molecule has 0 aromatic carbocycles. The van der Waals surface area contributed by atoms with Gasteiger partial charge in [0.25, 0.3) is 0 Å². The van der Waals surface area contributed by atoms with E-state index in [-0.39, 0.29) is 16.6 Å². The Morgan fingerprint density at radius 1 is 1.12 bits per heavy atom. The number of esters is 1. The van der Waals surface area contributed by atoms with Crippen LogP contribution in [0.15, 0.2) is 0 Å². The van der Waals surface area contributed by atoms with Crippen molar-refractivity contribution in [2.75, 3.05) is 11.5 Å². The van der Waals surface area contributed by atoms with Crippen molar-refractivity contribution in [3.8, 4) is 0 Å². The predicted molar refractivity (Wildman–Crippen MR) is 103 cm³/mol. The third kappa shape index (κ3) is 5.82. The normalized spacial score (nSPS) is 25.0. The van der Waals surface area contributed by atoms with E-state index in [0.717, 1.165) is 30.8 Å². The van der Waals surface area contributed by atoms with E-state index in [2.05, 4.69) is 0 Å². The van der Waals surface area contributed by atoms with E-state index < -0.39 is 17.6 Å². The van der Waals surface area contributed by atoms with Crippen molar-refractivity contribution in [1.29, 1.82) is 0 Å². The fourth-order valence-corrected chi connectivity index (χ4v) is 6.54. The smallest absolute Gasteiger partial charge is 0.313 e. The molecule has 2 rings (SSSR count). The maximum absolute atomic E-state index is 12.8. The van der Waals surface area contributed by atoms with Crippen molar-refractivity contribution in [1.82, 2.24) is 0 Å². The van der Waals surface area contributed by atoms with E-state index in [1.165, 1.54) is 19.3 Å². The average molecular weight is 376 g/mol. The molecule has 2 aliphatic rings. The van der Waals surface area contributed by atoms with Crippen LogP contribution in [-0.4, -0.2) is 44.9 Å². The molecular formula is C18H33NO3S2. The Morgan fingerprint density at radius 2 is 1.71 bits per heavy atom. The number of aliphatic hydroxyl groups excluding tert-OH is 1. The number of aliphatic hydroxyl groups is 1. The van der Waals surface area contributed by atoms with Crippen LogP contribution in [0.2, 0.25) is 0 Å². The summed E-state index contributed by atoms with van der Waals surface area (Å²) in [7, 11) is 0. The largest absolute Gasteiger partial charge is 0.460 e. The first-order valence-corrected chi connectivity index (χ1v) is 11.3. The van der Waals surface area contributed by atoms with Crippen LogP contribution in [0.4, 0.5) is 0 Å². The molecule has 140 valence electrons. The van der Waals surface area contributed by atoms with Crippen LogP contribution in [0.3, 0.4) is 0 Å². The maximum atomic E-state index is 12.8. The fourth-order valence-electron chi connectivity index (χ4n) is 3.58. The second kappa shape index (κ2) is 9.15. The zero-order valence-corrected chi connectivity index (χ0v) is 16.8. The number of nitrogens with two attached hydrogens (primary N) is 1. The molecule has 1 aliphatic heterocycles. The van der Waals surface area contributed by atoms with Crippen LogP contribution < -0.4 is 5.73 Å². The topological polar surface area (TPSA) is 72.5 Å². The molecule has 1 heterocycles. The Balaban J connectivity index is 2.13. The highest BCUT2D eigenvalue weighted by Crippen LogP contribution is 2.39. The first-order chi connectivity index (χ1) is 11.3. The molecule has 3 unspecified atom stereocenters. The Labute approximate surface area is 155 Å². The van der Waals surface area contributed by atoms with Gasteiger partial charge >= 0.3 is 5.97 Å². The van der Waals surface area contributed by atoms with Gasteiger partial charge in [-0.1, -0.05) is 19.3 Å². The molecule has 4 nitrogen and oxygen atoms in total. The van der Waals surface area contributed by atoms with Gasteiger partial charge in [-0.15, -0.1) is 23.5 Å². The van der Waals surface area contributed by atoms with Crippen LogP contribution >= 0.6 is 23.5 Å². The van der Waals surface area contributed by atoms with E-state index in [1.807, 2.05) is 20.8 Å². The standard InChI is InChI=1S/C18H33NO3S2/c1-18(2,3)22-16(21)13(14(19)12-8-5-4-6-9-12)15(20)17-23-10-7-11-24-17/h12-15,17,20H,4-11,19H2,1-3H3. The number of thioether (sulfide) groups is 2. The molecule has 1 aliphatic carbocycles. The number of ether oxygens (including phenoxy) is 1. The lowest BCUT2D eigenvalue weighted by molar-refractivity contribution is -0.165. The zero-order chi connectivity index (χ0) is 17.7. The Kier molecular flexibility index (Phi) is 7.78. The monoisotopic (exact) mass is 375 g/mol. The van der Waals surface area contributed by atoms with E-state index in [0.29, 0.717) is 5.92 Å². The highest BCUT2D eigenvalue weighted by Gasteiger charge is 2.43. The molecule has 0 radical (unpaired) electrons. The van der Waals surface area contributed by atoms with Crippen LogP contribution in [0.5, 0.6) is 0 Å². The molecular weight excluding hydrogens is 342 g/mol. The summed E-state index contributed by atoms with van der Waals surface area (Å²) in [5.74, 6) is 1.42. The maximum Gasteiger partial charge on any atom is 0.313 e. The highest BCUT2D eigenvalue weighted by molar-refractivity contribution is 8.17. The van der Waals surface area contributed by atoms with Gasteiger partial charge in [0.2, 0.25) is 0 Å². The number of hydrogen-bond donors (Lipinski definition) is 2. The van der Waals surface area contributed by atoms with Gasteiger partial charge in [0.15, 0.2) is 0 Å².